The number of pyridine rings is 1. The number of hydrogen-bond donors (Lipinski definition) is 2. The molecule has 1 aliphatic rings. The third kappa shape index (κ3) is 2.79. The first kappa shape index (κ1) is 14.6. The number of nitrogens with zero attached hydrogens (tertiary/aromatic N) is 5. The zero-order valence-electron chi connectivity index (χ0n) is 13.0. The first-order valence-electron chi connectivity index (χ1n) is 7.89. The molecule has 0 radical (unpaired) electrons. The number of amides is 1. The van der Waals surface area contributed by atoms with Gasteiger partial charge in [-0.15, -0.1) is 0 Å². The van der Waals surface area contributed by atoms with Crippen LogP contribution in [-0.2, 0) is 0 Å². The van der Waals surface area contributed by atoms with Crippen LogP contribution in [-0.4, -0.2) is 38.6 Å². The van der Waals surface area contributed by atoms with Crippen LogP contribution in [0.5, 0.6) is 0 Å². The van der Waals surface area contributed by atoms with Crippen LogP contribution in [0.3, 0.4) is 0 Å². The summed E-state index contributed by atoms with van der Waals surface area (Å²) in [6.07, 6.45) is 7.24. The molecule has 122 valence electrons. The SMILES string of the molecule is O=C(Nc1ccccn1)c1cnn2ccc(N3CCCCN3)nc12. The molecule has 1 saturated heterocycles. The van der Waals surface area contributed by atoms with Crippen molar-refractivity contribution < 1.29 is 4.79 Å². The highest BCUT2D eigenvalue weighted by atomic mass is 16.1. The normalized spacial score (nSPS) is 14.8. The van der Waals surface area contributed by atoms with E-state index in [0.717, 1.165) is 31.7 Å². The van der Waals surface area contributed by atoms with Crippen molar-refractivity contribution in [1.82, 2.24) is 25.0 Å². The van der Waals surface area contributed by atoms with Gasteiger partial charge in [0, 0.05) is 31.5 Å². The lowest BCUT2D eigenvalue weighted by Crippen LogP contribution is -2.43. The number of hydrogen-bond acceptors (Lipinski definition) is 6. The molecule has 1 aliphatic heterocycles. The van der Waals surface area contributed by atoms with Crippen LogP contribution in [0, 0.1) is 0 Å². The molecule has 4 rings (SSSR count). The van der Waals surface area contributed by atoms with E-state index in [1.54, 1.807) is 22.8 Å². The fraction of sp³-hybridized carbons (Fsp3) is 0.250. The molecule has 0 aromatic carbocycles. The largest absolute Gasteiger partial charge is 0.306 e. The van der Waals surface area contributed by atoms with Crippen molar-refractivity contribution in [2.24, 2.45) is 0 Å². The summed E-state index contributed by atoms with van der Waals surface area (Å²) in [5, 5.41) is 8.98. The van der Waals surface area contributed by atoms with Crippen molar-refractivity contribution >= 4 is 23.2 Å². The number of fused-ring (bicyclic) bond motifs is 1. The molecule has 0 spiro atoms. The van der Waals surface area contributed by atoms with E-state index in [0.29, 0.717) is 17.0 Å². The summed E-state index contributed by atoms with van der Waals surface area (Å²) < 4.78 is 1.60. The molecule has 3 aromatic heterocycles. The molecule has 4 heterocycles. The third-order valence-electron chi connectivity index (χ3n) is 3.89. The van der Waals surface area contributed by atoms with E-state index >= 15 is 0 Å². The van der Waals surface area contributed by atoms with Gasteiger partial charge in [-0.1, -0.05) is 6.07 Å². The minimum absolute atomic E-state index is 0.278. The van der Waals surface area contributed by atoms with E-state index in [-0.39, 0.29) is 5.91 Å². The van der Waals surface area contributed by atoms with Crippen molar-refractivity contribution in [2.45, 2.75) is 12.8 Å². The Morgan fingerprint density at radius 1 is 1.25 bits per heavy atom. The second-order valence-electron chi connectivity index (χ2n) is 5.55. The number of rotatable bonds is 3. The molecule has 8 heteroatoms. The minimum atomic E-state index is -0.278. The second-order valence-corrected chi connectivity index (χ2v) is 5.55. The molecule has 3 aromatic rings. The average Bonchev–Trinajstić information content (AvgIpc) is 3.06. The Kier molecular flexibility index (Phi) is 3.80. The summed E-state index contributed by atoms with van der Waals surface area (Å²) in [7, 11) is 0. The van der Waals surface area contributed by atoms with Gasteiger partial charge in [-0.3, -0.25) is 9.80 Å². The molecule has 0 aliphatic carbocycles. The molecule has 2 N–H and O–H groups in total. The minimum Gasteiger partial charge on any atom is -0.306 e. The molecule has 0 unspecified atom stereocenters. The number of carbonyl (C=O) groups excluding carboxylic acids is 1. The molecule has 8 nitrogen and oxygen atoms in total. The molecular formula is C16H17N7O. The van der Waals surface area contributed by atoms with E-state index in [1.807, 2.05) is 23.3 Å². The highest BCUT2D eigenvalue weighted by molar-refractivity contribution is 6.07. The van der Waals surface area contributed by atoms with Crippen LogP contribution in [0.15, 0.2) is 42.9 Å². The monoisotopic (exact) mass is 323 g/mol. The first-order valence-corrected chi connectivity index (χ1v) is 7.89. The number of aromatic nitrogens is 4. The van der Waals surface area contributed by atoms with Crippen LogP contribution < -0.4 is 15.8 Å². The highest BCUT2D eigenvalue weighted by Gasteiger charge is 2.17. The number of anilines is 2. The molecule has 1 fully saturated rings. The lowest BCUT2D eigenvalue weighted by atomic mass is 10.2. The summed E-state index contributed by atoms with van der Waals surface area (Å²) in [4.78, 5) is 21.2. The lowest BCUT2D eigenvalue weighted by Gasteiger charge is -2.28. The van der Waals surface area contributed by atoms with Crippen molar-refractivity contribution in [3.05, 3.63) is 48.4 Å². The summed E-state index contributed by atoms with van der Waals surface area (Å²) in [6.45, 7) is 1.83. The van der Waals surface area contributed by atoms with E-state index in [2.05, 4.69) is 25.8 Å². The van der Waals surface area contributed by atoms with E-state index in [9.17, 15) is 4.79 Å². The Hall–Kier alpha value is -3.00. The van der Waals surface area contributed by atoms with Gasteiger partial charge in [-0.05, 0) is 25.0 Å². The molecule has 1 amide bonds. The van der Waals surface area contributed by atoms with Gasteiger partial charge in [-0.2, -0.15) is 5.10 Å². The summed E-state index contributed by atoms with van der Waals surface area (Å²) in [6, 6.07) is 7.24. The lowest BCUT2D eigenvalue weighted by molar-refractivity contribution is 0.102. The topological polar surface area (TPSA) is 87.5 Å². The van der Waals surface area contributed by atoms with Crippen molar-refractivity contribution in [3.8, 4) is 0 Å². The Morgan fingerprint density at radius 3 is 3.00 bits per heavy atom. The van der Waals surface area contributed by atoms with Crippen LogP contribution >= 0.6 is 0 Å². The van der Waals surface area contributed by atoms with Gasteiger partial charge in [0.25, 0.3) is 5.91 Å². The van der Waals surface area contributed by atoms with Crippen molar-refractivity contribution in [1.29, 1.82) is 0 Å². The fourth-order valence-electron chi connectivity index (χ4n) is 2.67. The van der Waals surface area contributed by atoms with Gasteiger partial charge in [0.15, 0.2) is 5.65 Å². The van der Waals surface area contributed by atoms with Gasteiger partial charge < -0.3 is 5.32 Å². The molecule has 0 bridgehead atoms. The van der Waals surface area contributed by atoms with E-state index in [1.165, 1.54) is 6.20 Å². The molecular weight excluding hydrogens is 306 g/mol. The van der Waals surface area contributed by atoms with E-state index < -0.39 is 0 Å². The van der Waals surface area contributed by atoms with E-state index in [4.69, 9.17) is 0 Å². The Bertz CT molecular complexity index is 855. The van der Waals surface area contributed by atoms with Gasteiger partial charge in [0.2, 0.25) is 0 Å². The zero-order valence-corrected chi connectivity index (χ0v) is 13.0. The van der Waals surface area contributed by atoms with Crippen molar-refractivity contribution in [3.63, 3.8) is 0 Å². The second kappa shape index (κ2) is 6.25. The van der Waals surface area contributed by atoms with Crippen LogP contribution in [0.2, 0.25) is 0 Å². The summed E-state index contributed by atoms with van der Waals surface area (Å²) in [5.41, 5.74) is 4.25. The molecule has 24 heavy (non-hydrogen) atoms. The number of nitrogens with one attached hydrogen (secondary N) is 2. The van der Waals surface area contributed by atoms with Crippen LogP contribution in [0.25, 0.3) is 5.65 Å². The maximum absolute atomic E-state index is 12.5. The van der Waals surface area contributed by atoms with Crippen molar-refractivity contribution in [2.75, 3.05) is 23.4 Å². The quantitative estimate of drug-likeness (QED) is 0.759. The summed E-state index contributed by atoms with van der Waals surface area (Å²) >= 11 is 0. The Balaban J connectivity index is 1.64. The molecule has 0 saturated carbocycles. The predicted octanol–water partition coefficient (Wildman–Crippen LogP) is 1.48. The van der Waals surface area contributed by atoms with Gasteiger partial charge in [0.05, 0.1) is 6.20 Å². The number of carbonyl (C=O) groups is 1. The standard InChI is InChI=1S/C16H17N7O/c24-16(20-13-5-1-2-7-17-13)12-11-19-23-10-6-14(21-15(12)23)22-9-4-3-8-18-22/h1-2,5-7,10-11,18H,3-4,8-9H2,(H,17,20,24). The first-order chi connectivity index (χ1) is 11.8. The average molecular weight is 323 g/mol. The highest BCUT2D eigenvalue weighted by Crippen LogP contribution is 2.17. The third-order valence-corrected chi connectivity index (χ3v) is 3.89. The maximum Gasteiger partial charge on any atom is 0.262 e. The predicted molar refractivity (Wildman–Crippen MR) is 89.8 cm³/mol. The Labute approximate surface area is 138 Å². The van der Waals surface area contributed by atoms with Crippen LogP contribution in [0.1, 0.15) is 23.2 Å². The maximum atomic E-state index is 12.5. The van der Waals surface area contributed by atoms with Gasteiger partial charge in [-0.25, -0.2) is 19.9 Å². The number of hydrazine groups is 1. The molecule has 0 atom stereocenters. The fourth-order valence-corrected chi connectivity index (χ4v) is 2.67. The zero-order chi connectivity index (χ0) is 16.4. The van der Waals surface area contributed by atoms with Gasteiger partial charge in [0.1, 0.15) is 17.2 Å². The Morgan fingerprint density at radius 2 is 2.21 bits per heavy atom. The summed E-state index contributed by atoms with van der Waals surface area (Å²) in [5.74, 6) is 1.00. The van der Waals surface area contributed by atoms with Gasteiger partial charge >= 0.3 is 0 Å². The smallest absolute Gasteiger partial charge is 0.262 e. The van der Waals surface area contributed by atoms with Crippen LogP contribution in [0.4, 0.5) is 11.6 Å².